The lowest BCUT2D eigenvalue weighted by Gasteiger charge is -2.23. The molecule has 1 aliphatic heterocycles. The number of carbonyl (C=O) groups excluding carboxylic acids is 1. The van der Waals surface area contributed by atoms with Crippen LogP contribution >= 0.6 is 0 Å². The largest absolute Gasteiger partial charge is 0.496 e. The number of carbonyl (C=O) groups is 2. The van der Waals surface area contributed by atoms with Crippen LogP contribution in [0.4, 0.5) is 5.69 Å². The monoisotopic (exact) mass is 280 g/mol. The topological polar surface area (TPSA) is 96.9 Å². The van der Waals surface area contributed by atoms with Gasteiger partial charge in [0.05, 0.1) is 20.3 Å². The van der Waals surface area contributed by atoms with Gasteiger partial charge in [-0.05, 0) is 12.1 Å². The van der Waals surface area contributed by atoms with Crippen molar-refractivity contribution in [1.82, 2.24) is 5.32 Å². The summed E-state index contributed by atoms with van der Waals surface area (Å²) >= 11 is 0. The smallest absolute Gasteiger partial charge is 0.339 e. The Labute approximate surface area is 115 Å². The number of aromatic carboxylic acids is 1. The number of benzene rings is 1. The molecule has 1 saturated heterocycles. The second-order valence-corrected chi connectivity index (χ2v) is 4.29. The van der Waals surface area contributed by atoms with E-state index in [1.807, 2.05) is 0 Å². The van der Waals surface area contributed by atoms with Gasteiger partial charge < -0.3 is 25.2 Å². The molecule has 2 rings (SSSR count). The first kappa shape index (κ1) is 14.3. The molecule has 1 aromatic carbocycles. The summed E-state index contributed by atoms with van der Waals surface area (Å²) in [6.07, 6.45) is 0. The highest BCUT2D eigenvalue weighted by molar-refractivity contribution is 5.97. The van der Waals surface area contributed by atoms with E-state index in [2.05, 4.69) is 10.6 Å². The zero-order valence-electron chi connectivity index (χ0n) is 11.0. The molecule has 1 unspecified atom stereocenters. The molecule has 0 spiro atoms. The number of carboxylic acid groups (broad SMARTS) is 1. The van der Waals surface area contributed by atoms with Crippen LogP contribution in [0.3, 0.4) is 0 Å². The molecule has 7 heteroatoms. The van der Waals surface area contributed by atoms with Gasteiger partial charge in [0, 0.05) is 18.3 Å². The van der Waals surface area contributed by atoms with Crippen LogP contribution in [0.15, 0.2) is 18.2 Å². The fraction of sp³-hybridized carbons (Fsp3) is 0.385. The number of amides is 1. The molecule has 1 fully saturated rings. The zero-order chi connectivity index (χ0) is 14.5. The number of nitrogens with one attached hydrogen (secondary N) is 2. The van der Waals surface area contributed by atoms with Crippen LogP contribution in [-0.4, -0.2) is 49.9 Å². The van der Waals surface area contributed by atoms with Crippen molar-refractivity contribution >= 4 is 17.6 Å². The van der Waals surface area contributed by atoms with Crippen LogP contribution < -0.4 is 15.4 Å². The van der Waals surface area contributed by atoms with Gasteiger partial charge in [-0.15, -0.1) is 0 Å². The fourth-order valence-electron chi connectivity index (χ4n) is 1.91. The predicted molar refractivity (Wildman–Crippen MR) is 71.2 cm³/mol. The molecule has 1 amide bonds. The van der Waals surface area contributed by atoms with Crippen molar-refractivity contribution in [3.05, 3.63) is 23.8 Å². The number of hydrogen-bond donors (Lipinski definition) is 3. The van der Waals surface area contributed by atoms with Crippen molar-refractivity contribution in [2.45, 2.75) is 6.04 Å². The third-order valence-corrected chi connectivity index (χ3v) is 2.94. The van der Waals surface area contributed by atoms with Crippen LogP contribution in [0, 0.1) is 0 Å². The standard InChI is InChI=1S/C13H16N2O5/c1-19-11-6-8(2-3-9(11)13(17)18)15-12(16)10-7-20-5-4-14-10/h2-3,6,10,14H,4-5,7H2,1H3,(H,15,16)(H,17,18). The second-order valence-electron chi connectivity index (χ2n) is 4.29. The van der Waals surface area contributed by atoms with Crippen molar-refractivity contribution in [2.24, 2.45) is 0 Å². The van der Waals surface area contributed by atoms with E-state index >= 15 is 0 Å². The van der Waals surface area contributed by atoms with Crippen LogP contribution in [0.1, 0.15) is 10.4 Å². The normalized spacial score (nSPS) is 18.4. The first-order valence-electron chi connectivity index (χ1n) is 6.15. The van der Waals surface area contributed by atoms with E-state index in [1.165, 1.54) is 25.3 Å². The fourth-order valence-corrected chi connectivity index (χ4v) is 1.91. The van der Waals surface area contributed by atoms with E-state index < -0.39 is 12.0 Å². The molecule has 0 aliphatic carbocycles. The Morgan fingerprint density at radius 3 is 2.90 bits per heavy atom. The van der Waals surface area contributed by atoms with Crippen molar-refractivity contribution < 1.29 is 24.2 Å². The molecule has 0 aromatic heterocycles. The first-order valence-corrected chi connectivity index (χ1v) is 6.15. The summed E-state index contributed by atoms with van der Waals surface area (Å²) in [6, 6.07) is 3.98. The quantitative estimate of drug-likeness (QED) is 0.735. The minimum absolute atomic E-state index is 0.0459. The van der Waals surface area contributed by atoms with Gasteiger partial charge >= 0.3 is 5.97 Å². The summed E-state index contributed by atoms with van der Waals surface area (Å²) in [5.74, 6) is -1.11. The minimum atomic E-state index is -1.08. The predicted octanol–water partition coefficient (Wildman–Crippen LogP) is 0.320. The summed E-state index contributed by atoms with van der Waals surface area (Å²) in [7, 11) is 1.38. The molecule has 1 aliphatic rings. The molecule has 3 N–H and O–H groups in total. The molecule has 1 aromatic rings. The molecule has 0 saturated carbocycles. The van der Waals surface area contributed by atoms with Crippen LogP contribution in [0.2, 0.25) is 0 Å². The number of anilines is 1. The first-order chi connectivity index (χ1) is 9.61. The highest BCUT2D eigenvalue weighted by Gasteiger charge is 2.21. The number of ether oxygens (including phenoxy) is 2. The van der Waals surface area contributed by atoms with Crippen molar-refractivity contribution in [3.8, 4) is 5.75 Å². The molecule has 7 nitrogen and oxygen atoms in total. The zero-order valence-corrected chi connectivity index (χ0v) is 11.0. The van der Waals surface area contributed by atoms with Gasteiger partial charge in [-0.1, -0.05) is 0 Å². The maximum atomic E-state index is 12.0. The number of methoxy groups -OCH3 is 1. The number of rotatable bonds is 4. The van der Waals surface area contributed by atoms with Gasteiger partial charge in [-0.25, -0.2) is 4.79 Å². The van der Waals surface area contributed by atoms with Gasteiger partial charge in [0.1, 0.15) is 17.4 Å². The maximum Gasteiger partial charge on any atom is 0.339 e. The van der Waals surface area contributed by atoms with Crippen molar-refractivity contribution in [3.63, 3.8) is 0 Å². The van der Waals surface area contributed by atoms with Crippen LogP contribution in [0.25, 0.3) is 0 Å². The number of carboxylic acids is 1. The average molecular weight is 280 g/mol. The Balaban J connectivity index is 2.09. The lowest BCUT2D eigenvalue weighted by atomic mass is 10.1. The Morgan fingerprint density at radius 2 is 2.30 bits per heavy atom. The van der Waals surface area contributed by atoms with Gasteiger partial charge in [0.2, 0.25) is 5.91 Å². The summed E-state index contributed by atoms with van der Waals surface area (Å²) in [4.78, 5) is 22.9. The van der Waals surface area contributed by atoms with E-state index in [4.69, 9.17) is 14.6 Å². The van der Waals surface area contributed by atoms with Crippen molar-refractivity contribution in [2.75, 3.05) is 32.2 Å². The molecular weight excluding hydrogens is 264 g/mol. The van der Waals surface area contributed by atoms with Gasteiger partial charge in [0.15, 0.2) is 0 Å². The summed E-state index contributed by atoms with van der Waals surface area (Å²) in [6.45, 7) is 1.53. The number of morpholine rings is 1. The van der Waals surface area contributed by atoms with E-state index in [0.29, 0.717) is 25.4 Å². The molecule has 1 heterocycles. The minimum Gasteiger partial charge on any atom is -0.496 e. The molecule has 108 valence electrons. The summed E-state index contributed by atoms with van der Waals surface area (Å²) < 4.78 is 10.2. The Bertz CT molecular complexity index is 511. The van der Waals surface area contributed by atoms with Gasteiger partial charge in [-0.3, -0.25) is 4.79 Å². The SMILES string of the molecule is COc1cc(NC(=O)C2COCCN2)ccc1C(=O)O. The summed E-state index contributed by atoms with van der Waals surface area (Å²) in [5.41, 5.74) is 0.522. The average Bonchev–Trinajstić information content (AvgIpc) is 2.47. The lowest BCUT2D eigenvalue weighted by Crippen LogP contribution is -2.48. The van der Waals surface area contributed by atoms with E-state index in [0.717, 1.165) is 0 Å². The van der Waals surface area contributed by atoms with Crippen molar-refractivity contribution in [1.29, 1.82) is 0 Å². The van der Waals surface area contributed by atoms with E-state index in [-0.39, 0.29) is 17.2 Å². The van der Waals surface area contributed by atoms with Gasteiger partial charge in [-0.2, -0.15) is 0 Å². The highest BCUT2D eigenvalue weighted by atomic mass is 16.5. The van der Waals surface area contributed by atoms with Gasteiger partial charge in [0.25, 0.3) is 0 Å². The highest BCUT2D eigenvalue weighted by Crippen LogP contribution is 2.23. The lowest BCUT2D eigenvalue weighted by molar-refractivity contribution is -0.120. The third-order valence-electron chi connectivity index (χ3n) is 2.94. The Morgan fingerprint density at radius 1 is 1.50 bits per heavy atom. The van der Waals surface area contributed by atoms with Crippen LogP contribution in [0.5, 0.6) is 5.75 Å². The molecule has 0 bridgehead atoms. The Kier molecular flexibility index (Phi) is 4.54. The molecule has 1 atom stereocenters. The molecule has 20 heavy (non-hydrogen) atoms. The maximum absolute atomic E-state index is 12.0. The Hall–Kier alpha value is -2.12. The molecular formula is C13H16N2O5. The number of hydrogen-bond acceptors (Lipinski definition) is 5. The van der Waals surface area contributed by atoms with Crippen LogP contribution in [-0.2, 0) is 9.53 Å². The third kappa shape index (κ3) is 3.25. The van der Waals surface area contributed by atoms with E-state index in [1.54, 1.807) is 0 Å². The van der Waals surface area contributed by atoms with E-state index in [9.17, 15) is 9.59 Å². The second kappa shape index (κ2) is 6.36. The summed E-state index contributed by atoms with van der Waals surface area (Å²) in [5, 5.41) is 14.7. The molecule has 0 radical (unpaired) electrons.